The van der Waals surface area contributed by atoms with Crippen LogP contribution in [-0.4, -0.2) is 16.3 Å². The lowest BCUT2D eigenvalue weighted by Crippen LogP contribution is -2.12. The SMILES string of the molecule is Nc1nc(C2CCCCC2)nc(Cl)c1C=O. The minimum Gasteiger partial charge on any atom is -0.383 e. The summed E-state index contributed by atoms with van der Waals surface area (Å²) in [7, 11) is 0. The molecule has 1 aromatic rings. The highest BCUT2D eigenvalue weighted by Gasteiger charge is 2.20. The molecule has 86 valence electrons. The van der Waals surface area contributed by atoms with Crippen LogP contribution >= 0.6 is 11.6 Å². The van der Waals surface area contributed by atoms with Gasteiger partial charge in [0.1, 0.15) is 16.8 Å². The van der Waals surface area contributed by atoms with Gasteiger partial charge in [-0.1, -0.05) is 30.9 Å². The molecular weight excluding hydrogens is 226 g/mol. The molecule has 1 fully saturated rings. The molecule has 2 rings (SSSR count). The van der Waals surface area contributed by atoms with E-state index in [4.69, 9.17) is 17.3 Å². The van der Waals surface area contributed by atoms with E-state index in [1.165, 1.54) is 19.3 Å². The summed E-state index contributed by atoms with van der Waals surface area (Å²) in [4.78, 5) is 19.0. The molecule has 0 bridgehead atoms. The van der Waals surface area contributed by atoms with E-state index in [1.807, 2.05) is 0 Å². The lowest BCUT2D eigenvalue weighted by molar-refractivity contribution is 0.112. The van der Waals surface area contributed by atoms with Crippen LogP contribution in [0.25, 0.3) is 0 Å². The van der Waals surface area contributed by atoms with Gasteiger partial charge < -0.3 is 5.73 Å². The summed E-state index contributed by atoms with van der Waals surface area (Å²) < 4.78 is 0. The molecule has 0 aromatic carbocycles. The summed E-state index contributed by atoms with van der Waals surface area (Å²) in [6, 6.07) is 0. The van der Waals surface area contributed by atoms with Crippen LogP contribution in [0.5, 0.6) is 0 Å². The third-order valence-corrected chi connectivity index (χ3v) is 3.32. The lowest BCUT2D eigenvalue weighted by Gasteiger charge is -2.20. The van der Waals surface area contributed by atoms with Crippen LogP contribution in [0, 0.1) is 0 Å². The number of hydrogen-bond donors (Lipinski definition) is 1. The van der Waals surface area contributed by atoms with Crippen LogP contribution in [0.4, 0.5) is 5.82 Å². The Balaban J connectivity index is 2.31. The van der Waals surface area contributed by atoms with E-state index in [0.29, 0.717) is 18.0 Å². The van der Waals surface area contributed by atoms with Gasteiger partial charge in [0.2, 0.25) is 0 Å². The van der Waals surface area contributed by atoms with Gasteiger partial charge in [0.25, 0.3) is 0 Å². The zero-order chi connectivity index (χ0) is 11.5. The van der Waals surface area contributed by atoms with E-state index in [9.17, 15) is 4.79 Å². The van der Waals surface area contributed by atoms with E-state index in [0.717, 1.165) is 12.8 Å². The molecule has 1 heterocycles. The molecule has 0 spiro atoms. The molecule has 0 atom stereocenters. The molecule has 0 aliphatic heterocycles. The van der Waals surface area contributed by atoms with Gasteiger partial charge in [-0.2, -0.15) is 0 Å². The van der Waals surface area contributed by atoms with Crippen molar-refractivity contribution in [2.75, 3.05) is 5.73 Å². The van der Waals surface area contributed by atoms with Gasteiger partial charge in [0.05, 0.1) is 5.56 Å². The molecule has 1 aliphatic carbocycles. The van der Waals surface area contributed by atoms with Crippen LogP contribution < -0.4 is 5.73 Å². The van der Waals surface area contributed by atoms with Crippen molar-refractivity contribution in [3.8, 4) is 0 Å². The number of carbonyl (C=O) groups is 1. The largest absolute Gasteiger partial charge is 0.383 e. The average molecular weight is 240 g/mol. The minimum atomic E-state index is 0.170. The van der Waals surface area contributed by atoms with Crippen molar-refractivity contribution in [1.29, 1.82) is 0 Å². The predicted molar refractivity (Wildman–Crippen MR) is 62.7 cm³/mol. The molecule has 0 amide bonds. The maximum absolute atomic E-state index is 10.7. The number of hydrogen-bond acceptors (Lipinski definition) is 4. The van der Waals surface area contributed by atoms with Gasteiger partial charge in [-0.25, -0.2) is 9.97 Å². The monoisotopic (exact) mass is 239 g/mol. The van der Waals surface area contributed by atoms with E-state index in [1.54, 1.807) is 0 Å². The quantitative estimate of drug-likeness (QED) is 0.636. The van der Waals surface area contributed by atoms with Crippen LogP contribution in [0.1, 0.15) is 54.2 Å². The van der Waals surface area contributed by atoms with Crippen molar-refractivity contribution in [3.63, 3.8) is 0 Å². The number of nitrogens with zero attached hydrogens (tertiary/aromatic N) is 2. The standard InChI is InChI=1S/C11H14ClN3O/c12-9-8(6-16)10(13)15-11(14-9)7-4-2-1-3-5-7/h6-7H,1-5H2,(H2,13,14,15). The first kappa shape index (κ1) is 11.3. The smallest absolute Gasteiger partial charge is 0.156 e. The van der Waals surface area contributed by atoms with Gasteiger partial charge in [0.15, 0.2) is 6.29 Å². The van der Waals surface area contributed by atoms with Gasteiger partial charge in [0, 0.05) is 5.92 Å². The van der Waals surface area contributed by atoms with E-state index in [-0.39, 0.29) is 16.5 Å². The number of aldehydes is 1. The maximum atomic E-state index is 10.7. The number of anilines is 1. The van der Waals surface area contributed by atoms with Crippen molar-refractivity contribution in [1.82, 2.24) is 9.97 Å². The number of aromatic nitrogens is 2. The Kier molecular flexibility index (Phi) is 3.39. The molecule has 0 saturated heterocycles. The van der Waals surface area contributed by atoms with Gasteiger partial charge >= 0.3 is 0 Å². The molecule has 2 N–H and O–H groups in total. The fourth-order valence-electron chi connectivity index (χ4n) is 2.13. The van der Waals surface area contributed by atoms with E-state index < -0.39 is 0 Å². The maximum Gasteiger partial charge on any atom is 0.156 e. The summed E-state index contributed by atoms with van der Waals surface area (Å²) >= 11 is 5.89. The number of rotatable bonds is 2. The first-order valence-electron chi connectivity index (χ1n) is 5.50. The first-order chi connectivity index (χ1) is 7.72. The zero-order valence-corrected chi connectivity index (χ0v) is 9.70. The number of nitrogen functional groups attached to an aromatic ring is 1. The normalized spacial score (nSPS) is 17.3. The predicted octanol–water partition coefficient (Wildman–Crippen LogP) is 2.57. The highest BCUT2D eigenvalue weighted by atomic mass is 35.5. The average Bonchev–Trinajstić information content (AvgIpc) is 2.30. The number of carbonyl (C=O) groups excluding carboxylic acids is 1. The summed E-state index contributed by atoms with van der Waals surface area (Å²) in [5.74, 6) is 1.22. The molecule has 0 radical (unpaired) electrons. The second kappa shape index (κ2) is 4.78. The first-order valence-corrected chi connectivity index (χ1v) is 5.88. The van der Waals surface area contributed by atoms with Crippen LogP contribution in [0.15, 0.2) is 0 Å². The van der Waals surface area contributed by atoms with E-state index >= 15 is 0 Å². The molecular formula is C11H14ClN3O. The Labute approximate surface area is 99.2 Å². The third kappa shape index (κ3) is 2.16. The lowest BCUT2D eigenvalue weighted by atomic mass is 9.88. The van der Waals surface area contributed by atoms with Crippen molar-refractivity contribution >= 4 is 23.7 Å². The summed E-state index contributed by atoms with van der Waals surface area (Å²) in [6.45, 7) is 0. The van der Waals surface area contributed by atoms with Crippen molar-refractivity contribution in [2.24, 2.45) is 0 Å². The Morgan fingerprint density at radius 2 is 1.94 bits per heavy atom. The molecule has 1 saturated carbocycles. The topological polar surface area (TPSA) is 68.9 Å². The van der Waals surface area contributed by atoms with Gasteiger partial charge in [-0.15, -0.1) is 0 Å². The van der Waals surface area contributed by atoms with Crippen LogP contribution in [0.3, 0.4) is 0 Å². The Morgan fingerprint density at radius 1 is 1.25 bits per heavy atom. The van der Waals surface area contributed by atoms with E-state index in [2.05, 4.69) is 9.97 Å². The van der Waals surface area contributed by atoms with Gasteiger partial charge in [-0.3, -0.25) is 4.79 Å². The van der Waals surface area contributed by atoms with Crippen molar-refractivity contribution in [2.45, 2.75) is 38.0 Å². The Morgan fingerprint density at radius 3 is 2.50 bits per heavy atom. The molecule has 16 heavy (non-hydrogen) atoms. The second-order valence-electron chi connectivity index (χ2n) is 4.12. The van der Waals surface area contributed by atoms with Crippen molar-refractivity contribution in [3.05, 3.63) is 16.5 Å². The Bertz CT molecular complexity index is 379. The summed E-state index contributed by atoms with van der Waals surface area (Å²) in [5, 5.41) is 0.170. The number of nitrogens with two attached hydrogens (primary N) is 1. The fourth-order valence-corrected chi connectivity index (χ4v) is 2.36. The molecule has 5 heteroatoms. The second-order valence-corrected chi connectivity index (χ2v) is 4.48. The molecule has 1 aromatic heterocycles. The highest BCUT2D eigenvalue weighted by molar-refractivity contribution is 6.32. The highest BCUT2D eigenvalue weighted by Crippen LogP contribution is 2.32. The molecule has 4 nitrogen and oxygen atoms in total. The third-order valence-electron chi connectivity index (χ3n) is 3.03. The van der Waals surface area contributed by atoms with Crippen LogP contribution in [-0.2, 0) is 0 Å². The summed E-state index contributed by atoms with van der Waals surface area (Å²) in [6.07, 6.45) is 6.42. The summed E-state index contributed by atoms with van der Waals surface area (Å²) in [5.41, 5.74) is 5.87. The van der Waals surface area contributed by atoms with Crippen molar-refractivity contribution < 1.29 is 4.79 Å². The minimum absolute atomic E-state index is 0.170. The molecule has 1 aliphatic rings. The fraction of sp³-hybridized carbons (Fsp3) is 0.545. The number of halogens is 1. The van der Waals surface area contributed by atoms with Crippen LogP contribution in [0.2, 0.25) is 5.15 Å². The van der Waals surface area contributed by atoms with Gasteiger partial charge in [-0.05, 0) is 12.8 Å². The molecule has 0 unspecified atom stereocenters. The Hall–Kier alpha value is -1.16. The zero-order valence-electron chi connectivity index (χ0n) is 8.95.